The van der Waals surface area contributed by atoms with Crippen LogP contribution in [0.15, 0.2) is 84.0 Å². The summed E-state index contributed by atoms with van der Waals surface area (Å²) in [6.45, 7) is 0. The van der Waals surface area contributed by atoms with Gasteiger partial charge in [0.1, 0.15) is 5.75 Å². The van der Waals surface area contributed by atoms with Crippen molar-refractivity contribution in [3.8, 4) is 5.75 Å². The molecule has 0 bridgehead atoms. The lowest BCUT2D eigenvalue weighted by molar-refractivity contribution is 0.0955. The third kappa shape index (κ3) is 3.37. The number of methoxy groups -OCH3 is 1. The molecule has 27 heavy (non-hydrogen) atoms. The Kier molecular flexibility index (Phi) is 4.54. The minimum atomic E-state index is -0.254. The number of hydrogen-bond donors (Lipinski definition) is 1. The Labute approximate surface area is 157 Å². The average Bonchev–Trinajstić information content (AvgIpc) is 2.73. The van der Waals surface area contributed by atoms with Gasteiger partial charge >= 0.3 is 0 Å². The normalized spacial score (nSPS) is 11.1. The monoisotopic (exact) mass is 354 g/mol. The van der Waals surface area contributed by atoms with Gasteiger partial charge in [-0.2, -0.15) is 5.10 Å². The molecule has 4 rings (SSSR count). The number of nitrogens with one attached hydrogen (secondary N) is 1. The lowest BCUT2D eigenvalue weighted by atomic mass is 10.0. The zero-order chi connectivity index (χ0) is 18.6. The predicted octanol–water partition coefficient (Wildman–Crippen LogP) is 4.77. The molecule has 0 aliphatic rings. The molecule has 0 saturated carbocycles. The Morgan fingerprint density at radius 1 is 0.889 bits per heavy atom. The first-order valence-electron chi connectivity index (χ1n) is 8.64. The van der Waals surface area contributed by atoms with Gasteiger partial charge in [0.15, 0.2) is 0 Å². The van der Waals surface area contributed by atoms with Crippen molar-refractivity contribution in [1.29, 1.82) is 0 Å². The van der Waals surface area contributed by atoms with Crippen LogP contribution in [0.3, 0.4) is 0 Å². The van der Waals surface area contributed by atoms with Crippen LogP contribution in [0.25, 0.3) is 21.5 Å². The summed E-state index contributed by atoms with van der Waals surface area (Å²) < 4.78 is 5.44. The van der Waals surface area contributed by atoms with Crippen molar-refractivity contribution >= 4 is 33.7 Å². The van der Waals surface area contributed by atoms with Gasteiger partial charge in [0, 0.05) is 11.1 Å². The Morgan fingerprint density at radius 3 is 2.41 bits per heavy atom. The van der Waals surface area contributed by atoms with Crippen molar-refractivity contribution in [2.45, 2.75) is 0 Å². The van der Waals surface area contributed by atoms with Gasteiger partial charge in [0.05, 0.1) is 13.3 Å². The Bertz CT molecular complexity index is 1170. The van der Waals surface area contributed by atoms with Gasteiger partial charge in [-0.15, -0.1) is 0 Å². The average molecular weight is 354 g/mol. The molecule has 0 heterocycles. The van der Waals surface area contributed by atoms with Crippen LogP contribution in [0, 0.1) is 0 Å². The van der Waals surface area contributed by atoms with E-state index in [2.05, 4.69) is 10.5 Å². The molecule has 1 N–H and O–H groups in total. The van der Waals surface area contributed by atoms with Crippen LogP contribution in [0.4, 0.5) is 0 Å². The number of nitrogens with zero attached hydrogens (tertiary/aromatic N) is 1. The largest absolute Gasteiger partial charge is 0.496 e. The van der Waals surface area contributed by atoms with Gasteiger partial charge in [-0.3, -0.25) is 4.79 Å². The molecular formula is C23H18N2O2. The number of amides is 1. The zero-order valence-corrected chi connectivity index (χ0v) is 14.8. The van der Waals surface area contributed by atoms with Crippen LogP contribution in [0.2, 0.25) is 0 Å². The van der Waals surface area contributed by atoms with Crippen molar-refractivity contribution < 1.29 is 9.53 Å². The number of carbonyl (C=O) groups is 1. The second-order valence-corrected chi connectivity index (χ2v) is 6.16. The van der Waals surface area contributed by atoms with Crippen molar-refractivity contribution in [3.63, 3.8) is 0 Å². The topological polar surface area (TPSA) is 50.7 Å². The molecule has 0 radical (unpaired) electrons. The quantitative estimate of drug-likeness (QED) is 0.424. The number of fused-ring (bicyclic) bond motifs is 2. The van der Waals surface area contributed by atoms with Crippen molar-refractivity contribution in [2.24, 2.45) is 5.10 Å². The third-order valence-corrected chi connectivity index (χ3v) is 4.52. The van der Waals surface area contributed by atoms with Gasteiger partial charge in [0.2, 0.25) is 0 Å². The van der Waals surface area contributed by atoms with E-state index in [-0.39, 0.29) is 5.91 Å². The fourth-order valence-electron chi connectivity index (χ4n) is 3.14. The summed E-state index contributed by atoms with van der Waals surface area (Å²) in [5, 5.41) is 8.36. The highest BCUT2D eigenvalue weighted by molar-refractivity contribution is 6.03. The smallest absolute Gasteiger partial charge is 0.271 e. The third-order valence-electron chi connectivity index (χ3n) is 4.52. The van der Waals surface area contributed by atoms with E-state index in [1.54, 1.807) is 19.4 Å². The van der Waals surface area contributed by atoms with Gasteiger partial charge < -0.3 is 4.74 Å². The molecule has 0 aromatic heterocycles. The summed E-state index contributed by atoms with van der Waals surface area (Å²) >= 11 is 0. The summed E-state index contributed by atoms with van der Waals surface area (Å²) in [4.78, 5) is 12.4. The highest BCUT2D eigenvalue weighted by atomic mass is 16.5. The summed E-state index contributed by atoms with van der Waals surface area (Å²) in [7, 11) is 1.62. The Hall–Kier alpha value is -3.66. The minimum Gasteiger partial charge on any atom is -0.496 e. The number of ether oxygens (including phenoxy) is 1. The van der Waals surface area contributed by atoms with E-state index < -0.39 is 0 Å². The van der Waals surface area contributed by atoms with Gasteiger partial charge in [-0.1, -0.05) is 60.7 Å². The SMILES string of the molecule is COc1ccc2ccccc2c1/C=N\NC(=O)c1ccc2ccccc2c1. The van der Waals surface area contributed by atoms with Crippen LogP contribution in [0.1, 0.15) is 15.9 Å². The van der Waals surface area contributed by atoms with E-state index in [1.807, 2.05) is 72.8 Å². The van der Waals surface area contributed by atoms with Crippen LogP contribution >= 0.6 is 0 Å². The Morgan fingerprint density at radius 2 is 1.59 bits per heavy atom. The van der Waals surface area contributed by atoms with Gasteiger partial charge in [-0.25, -0.2) is 5.43 Å². The van der Waals surface area contributed by atoms with Crippen LogP contribution in [-0.4, -0.2) is 19.2 Å². The molecule has 0 aliphatic carbocycles. The molecule has 4 heteroatoms. The summed E-state index contributed by atoms with van der Waals surface area (Å²) in [6.07, 6.45) is 1.63. The van der Waals surface area contributed by atoms with Crippen LogP contribution < -0.4 is 10.2 Å². The molecular weight excluding hydrogens is 336 g/mol. The first-order valence-corrected chi connectivity index (χ1v) is 8.64. The fraction of sp³-hybridized carbons (Fsp3) is 0.0435. The van der Waals surface area contributed by atoms with E-state index in [4.69, 9.17) is 4.74 Å². The second kappa shape index (κ2) is 7.30. The molecule has 0 atom stereocenters. The lowest BCUT2D eigenvalue weighted by Gasteiger charge is -2.08. The zero-order valence-electron chi connectivity index (χ0n) is 14.8. The van der Waals surface area contributed by atoms with Gasteiger partial charge in [-0.05, 0) is 39.7 Å². The fourth-order valence-corrected chi connectivity index (χ4v) is 3.14. The van der Waals surface area contributed by atoms with Crippen LogP contribution in [-0.2, 0) is 0 Å². The summed E-state index contributed by atoms with van der Waals surface area (Å²) in [5.41, 5.74) is 4.00. The predicted molar refractivity (Wildman–Crippen MR) is 110 cm³/mol. The molecule has 0 spiro atoms. The van der Waals surface area contributed by atoms with E-state index in [9.17, 15) is 4.79 Å². The number of hydrogen-bond acceptors (Lipinski definition) is 3. The maximum absolute atomic E-state index is 12.4. The Balaban J connectivity index is 1.60. The van der Waals surface area contributed by atoms with E-state index in [0.717, 1.165) is 27.1 Å². The van der Waals surface area contributed by atoms with Crippen LogP contribution in [0.5, 0.6) is 5.75 Å². The molecule has 4 aromatic rings. The van der Waals surface area contributed by atoms with Crippen molar-refractivity contribution in [1.82, 2.24) is 5.43 Å². The maximum atomic E-state index is 12.4. The number of benzene rings is 4. The molecule has 0 aliphatic heterocycles. The standard InChI is InChI=1S/C23H18N2O2/c1-27-22-13-12-17-7-4-5-9-20(17)21(22)15-24-25-23(26)19-11-10-16-6-2-3-8-18(16)14-19/h2-15H,1H3,(H,25,26)/b24-15-. The first kappa shape index (κ1) is 16.8. The minimum absolute atomic E-state index is 0.254. The molecule has 0 saturated heterocycles. The highest BCUT2D eigenvalue weighted by Gasteiger charge is 2.08. The molecule has 4 aromatic carbocycles. The van der Waals surface area contributed by atoms with E-state index >= 15 is 0 Å². The maximum Gasteiger partial charge on any atom is 0.271 e. The van der Waals surface area contributed by atoms with E-state index in [1.165, 1.54) is 0 Å². The second-order valence-electron chi connectivity index (χ2n) is 6.16. The number of carbonyl (C=O) groups excluding carboxylic acids is 1. The summed E-state index contributed by atoms with van der Waals surface area (Å²) in [6, 6.07) is 25.4. The molecule has 1 amide bonds. The first-order chi connectivity index (χ1) is 13.3. The highest BCUT2D eigenvalue weighted by Crippen LogP contribution is 2.26. The van der Waals surface area contributed by atoms with Crippen molar-refractivity contribution in [2.75, 3.05) is 7.11 Å². The molecule has 0 unspecified atom stereocenters. The number of hydrazone groups is 1. The van der Waals surface area contributed by atoms with Crippen molar-refractivity contribution in [3.05, 3.63) is 90.0 Å². The molecule has 4 nitrogen and oxygen atoms in total. The van der Waals surface area contributed by atoms with E-state index in [0.29, 0.717) is 11.3 Å². The summed E-state index contributed by atoms with van der Waals surface area (Å²) in [5.74, 6) is 0.452. The molecule has 0 fully saturated rings. The molecule has 132 valence electrons. The number of rotatable bonds is 4. The lowest BCUT2D eigenvalue weighted by Crippen LogP contribution is -2.17. The van der Waals surface area contributed by atoms with Gasteiger partial charge in [0.25, 0.3) is 5.91 Å².